The van der Waals surface area contributed by atoms with E-state index in [0.717, 1.165) is 64.4 Å². The second-order valence-electron chi connectivity index (χ2n) is 8.28. The fraction of sp³-hybridized carbons (Fsp3) is 0.370. The topological polar surface area (TPSA) is 49.4 Å². The minimum Gasteiger partial charge on any atom is -0.356 e. The van der Waals surface area contributed by atoms with E-state index in [9.17, 15) is 13.4 Å². The minimum atomic E-state index is -1.03. The van der Waals surface area contributed by atoms with Crippen LogP contribution in [0.1, 0.15) is 50.3 Å². The second-order valence-corrected chi connectivity index (χ2v) is 9.66. The zero-order chi connectivity index (χ0) is 24.0. The molecule has 0 fully saturated rings. The SMILES string of the molecule is CCN(CC)CCCNC(=O)CC1=C(C)/C(=C/c2ccc(S(C)=O)cc2)c2ccc(F)cc21. The molecule has 0 spiro atoms. The maximum absolute atomic E-state index is 14.1. The van der Waals surface area contributed by atoms with Crippen molar-refractivity contribution in [2.75, 3.05) is 32.4 Å². The number of nitrogens with zero attached hydrogens (tertiary/aromatic N) is 1. The molecule has 0 aliphatic heterocycles. The Morgan fingerprint density at radius 3 is 2.42 bits per heavy atom. The van der Waals surface area contributed by atoms with E-state index in [4.69, 9.17) is 0 Å². The van der Waals surface area contributed by atoms with Crippen LogP contribution in [0.25, 0.3) is 17.2 Å². The number of carbonyl (C=O) groups is 1. The summed E-state index contributed by atoms with van der Waals surface area (Å²) in [6.07, 6.45) is 4.82. The van der Waals surface area contributed by atoms with Gasteiger partial charge in [-0.3, -0.25) is 9.00 Å². The van der Waals surface area contributed by atoms with Gasteiger partial charge in [0.1, 0.15) is 5.82 Å². The van der Waals surface area contributed by atoms with E-state index in [0.29, 0.717) is 6.54 Å². The molecule has 0 radical (unpaired) electrons. The standard InChI is InChI=1S/C27H33FN2O2S/c1-5-30(6-2)15-7-14-29-27(31)18-25-19(3)24(23-13-10-21(28)17-26(23)25)16-20-8-11-22(12-9-20)33(4)32/h8-13,16-17H,5-7,14-15,18H2,1-4H3,(H,29,31)/b24-16-. The van der Waals surface area contributed by atoms with Crippen LogP contribution in [0, 0.1) is 5.82 Å². The lowest BCUT2D eigenvalue weighted by Crippen LogP contribution is -2.29. The molecule has 1 atom stereocenters. The lowest BCUT2D eigenvalue weighted by molar-refractivity contribution is -0.120. The molecule has 2 aromatic rings. The summed E-state index contributed by atoms with van der Waals surface area (Å²) in [5.74, 6) is -0.357. The fourth-order valence-corrected chi connectivity index (χ4v) is 4.72. The summed E-state index contributed by atoms with van der Waals surface area (Å²) < 4.78 is 25.8. The zero-order valence-electron chi connectivity index (χ0n) is 19.9. The smallest absolute Gasteiger partial charge is 0.224 e. The van der Waals surface area contributed by atoms with Crippen LogP contribution in [0.3, 0.4) is 0 Å². The van der Waals surface area contributed by atoms with Crippen molar-refractivity contribution in [1.29, 1.82) is 0 Å². The number of hydrogen-bond donors (Lipinski definition) is 1. The van der Waals surface area contributed by atoms with Gasteiger partial charge in [-0.1, -0.05) is 32.0 Å². The van der Waals surface area contributed by atoms with E-state index in [2.05, 4.69) is 24.1 Å². The van der Waals surface area contributed by atoms with Crippen LogP contribution in [-0.2, 0) is 15.6 Å². The van der Waals surface area contributed by atoms with E-state index >= 15 is 0 Å². The number of rotatable bonds is 10. The average Bonchev–Trinajstić information content (AvgIpc) is 3.04. The molecular formula is C27H33FN2O2S. The number of halogens is 1. The van der Waals surface area contributed by atoms with Gasteiger partial charge in [0, 0.05) is 28.5 Å². The highest BCUT2D eigenvalue weighted by molar-refractivity contribution is 7.84. The molecule has 0 aromatic heterocycles. The summed E-state index contributed by atoms with van der Waals surface area (Å²) in [5.41, 5.74) is 5.51. The number of allylic oxidation sites excluding steroid dienone is 2. The third-order valence-corrected chi connectivity index (χ3v) is 7.12. The first kappa shape index (κ1) is 25.1. The number of nitrogens with one attached hydrogen (secondary N) is 1. The van der Waals surface area contributed by atoms with E-state index in [1.54, 1.807) is 12.3 Å². The predicted octanol–water partition coefficient (Wildman–Crippen LogP) is 5.13. The predicted molar refractivity (Wildman–Crippen MR) is 136 cm³/mol. The Bertz CT molecular complexity index is 1090. The Kier molecular flexibility index (Phi) is 8.75. The molecule has 0 bridgehead atoms. The van der Waals surface area contributed by atoms with Crippen molar-refractivity contribution in [1.82, 2.24) is 10.2 Å². The molecular weight excluding hydrogens is 435 g/mol. The Hall–Kier alpha value is -2.57. The van der Waals surface area contributed by atoms with E-state index in [1.807, 2.05) is 37.3 Å². The van der Waals surface area contributed by atoms with Crippen LogP contribution in [0.2, 0.25) is 0 Å². The largest absolute Gasteiger partial charge is 0.356 e. The third-order valence-electron chi connectivity index (χ3n) is 6.18. The van der Waals surface area contributed by atoms with Crippen molar-refractivity contribution < 1.29 is 13.4 Å². The van der Waals surface area contributed by atoms with Crippen LogP contribution in [0.5, 0.6) is 0 Å². The lowest BCUT2D eigenvalue weighted by Gasteiger charge is -2.17. The molecule has 176 valence electrons. The Labute approximate surface area is 199 Å². The molecule has 1 amide bonds. The van der Waals surface area contributed by atoms with E-state index in [1.165, 1.54) is 12.1 Å². The second kappa shape index (κ2) is 11.5. The van der Waals surface area contributed by atoms with E-state index < -0.39 is 10.8 Å². The molecule has 1 aliphatic rings. The average molecular weight is 469 g/mol. The van der Waals surface area contributed by atoms with Crippen molar-refractivity contribution in [3.05, 3.63) is 70.5 Å². The van der Waals surface area contributed by atoms with Crippen LogP contribution in [0.15, 0.2) is 52.9 Å². The molecule has 1 N–H and O–H groups in total. The molecule has 6 heteroatoms. The van der Waals surface area contributed by atoms with Crippen LogP contribution in [0.4, 0.5) is 4.39 Å². The first-order valence-electron chi connectivity index (χ1n) is 11.5. The molecule has 4 nitrogen and oxygen atoms in total. The van der Waals surface area contributed by atoms with Gasteiger partial charge in [0.05, 0.1) is 6.42 Å². The quantitative estimate of drug-likeness (QED) is 0.492. The number of benzene rings is 2. The van der Waals surface area contributed by atoms with Crippen LogP contribution >= 0.6 is 0 Å². The monoisotopic (exact) mass is 468 g/mol. The van der Waals surface area contributed by atoms with Crippen LogP contribution in [-0.4, -0.2) is 47.5 Å². The number of carbonyl (C=O) groups excluding carboxylic acids is 1. The van der Waals surface area contributed by atoms with Gasteiger partial charge >= 0.3 is 0 Å². The van der Waals surface area contributed by atoms with Crippen molar-refractivity contribution in [3.63, 3.8) is 0 Å². The van der Waals surface area contributed by atoms with Gasteiger partial charge in [-0.25, -0.2) is 4.39 Å². The van der Waals surface area contributed by atoms with Crippen molar-refractivity contribution in [2.24, 2.45) is 0 Å². The summed E-state index contributed by atoms with van der Waals surface area (Å²) >= 11 is 0. The maximum atomic E-state index is 14.1. The molecule has 0 saturated heterocycles. The Morgan fingerprint density at radius 1 is 1.09 bits per heavy atom. The first-order valence-corrected chi connectivity index (χ1v) is 13.0. The third kappa shape index (κ3) is 6.27. The Morgan fingerprint density at radius 2 is 1.79 bits per heavy atom. The molecule has 1 aliphatic carbocycles. The van der Waals surface area contributed by atoms with Gasteiger partial charge < -0.3 is 10.2 Å². The summed E-state index contributed by atoms with van der Waals surface area (Å²) in [5, 5.41) is 3.02. The minimum absolute atomic E-state index is 0.0462. The Balaban J connectivity index is 1.79. The van der Waals surface area contributed by atoms with E-state index in [-0.39, 0.29) is 18.1 Å². The molecule has 1 unspecified atom stereocenters. The first-order chi connectivity index (χ1) is 15.8. The van der Waals surface area contributed by atoms with Gasteiger partial charge in [-0.15, -0.1) is 0 Å². The molecule has 0 heterocycles. The molecule has 2 aromatic carbocycles. The highest BCUT2D eigenvalue weighted by Crippen LogP contribution is 2.43. The van der Waals surface area contributed by atoms with Crippen molar-refractivity contribution in [3.8, 4) is 0 Å². The fourth-order valence-electron chi connectivity index (χ4n) is 4.20. The van der Waals surface area contributed by atoms with Crippen molar-refractivity contribution in [2.45, 2.75) is 38.5 Å². The normalized spacial score (nSPS) is 15.3. The van der Waals surface area contributed by atoms with Gasteiger partial charge in [-0.2, -0.15) is 0 Å². The summed E-state index contributed by atoms with van der Waals surface area (Å²) in [4.78, 5) is 15.8. The van der Waals surface area contributed by atoms with Crippen molar-refractivity contribution >= 4 is 33.9 Å². The highest BCUT2D eigenvalue weighted by Gasteiger charge is 2.25. The number of fused-ring (bicyclic) bond motifs is 1. The van der Waals surface area contributed by atoms with Crippen LogP contribution < -0.4 is 5.32 Å². The molecule has 0 saturated carbocycles. The molecule has 3 rings (SSSR count). The zero-order valence-corrected chi connectivity index (χ0v) is 20.7. The van der Waals surface area contributed by atoms with Gasteiger partial charge in [0.25, 0.3) is 0 Å². The highest BCUT2D eigenvalue weighted by atomic mass is 32.2. The van der Waals surface area contributed by atoms with Gasteiger partial charge in [-0.05, 0) is 96.7 Å². The van der Waals surface area contributed by atoms with Gasteiger partial charge in [0.15, 0.2) is 0 Å². The summed E-state index contributed by atoms with van der Waals surface area (Å²) in [6.45, 7) is 9.87. The number of amides is 1. The van der Waals surface area contributed by atoms with Gasteiger partial charge in [0.2, 0.25) is 5.91 Å². The number of hydrogen-bond acceptors (Lipinski definition) is 3. The maximum Gasteiger partial charge on any atom is 0.224 e. The summed E-state index contributed by atoms with van der Waals surface area (Å²) in [6, 6.07) is 12.3. The molecule has 33 heavy (non-hydrogen) atoms. The summed E-state index contributed by atoms with van der Waals surface area (Å²) in [7, 11) is -1.03. The lowest BCUT2D eigenvalue weighted by atomic mass is 10.0.